The Bertz CT molecular complexity index is 679. The van der Waals surface area contributed by atoms with E-state index in [9.17, 15) is 14.7 Å². The molecule has 0 bridgehead atoms. The van der Waals surface area contributed by atoms with E-state index in [1.165, 1.54) is 0 Å². The Labute approximate surface area is 164 Å². The Hall–Kier alpha value is -0.960. The van der Waals surface area contributed by atoms with Gasteiger partial charge in [0.05, 0.1) is 0 Å². The molecule has 3 unspecified atom stereocenters. The first-order valence-electron chi connectivity index (χ1n) is 11.2. The third-order valence-electron chi connectivity index (χ3n) is 9.46. The molecule has 27 heavy (non-hydrogen) atoms. The van der Waals surface area contributed by atoms with Gasteiger partial charge < -0.3 is 5.11 Å². The van der Waals surface area contributed by atoms with Crippen molar-refractivity contribution in [2.75, 3.05) is 6.61 Å². The van der Waals surface area contributed by atoms with Crippen LogP contribution in [0.2, 0.25) is 0 Å². The molecule has 1 N–H and O–H groups in total. The van der Waals surface area contributed by atoms with Gasteiger partial charge in [-0.05, 0) is 84.7 Å². The van der Waals surface area contributed by atoms with Crippen LogP contribution < -0.4 is 0 Å². The Morgan fingerprint density at radius 3 is 2.56 bits per heavy atom. The number of fused-ring (bicyclic) bond motifs is 5. The lowest BCUT2D eigenvalue weighted by Crippen LogP contribution is -2.57. The van der Waals surface area contributed by atoms with Crippen LogP contribution in [-0.2, 0) is 9.59 Å². The third-order valence-corrected chi connectivity index (χ3v) is 9.46. The molecule has 4 aliphatic carbocycles. The number of aliphatic hydroxyl groups is 1. The van der Waals surface area contributed by atoms with E-state index in [2.05, 4.69) is 27.7 Å². The highest BCUT2D eigenvalue weighted by Gasteiger charge is 2.63. The molecule has 4 rings (SSSR count). The first kappa shape index (κ1) is 19.4. The summed E-state index contributed by atoms with van der Waals surface area (Å²) in [4.78, 5) is 25.9. The fraction of sp³-hybridized carbons (Fsp3) is 0.833. The molecule has 3 nitrogen and oxygen atoms in total. The van der Waals surface area contributed by atoms with Gasteiger partial charge in [-0.3, -0.25) is 9.59 Å². The van der Waals surface area contributed by atoms with Crippen molar-refractivity contribution >= 4 is 11.6 Å². The highest BCUT2D eigenvalue weighted by Crippen LogP contribution is 2.67. The highest BCUT2D eigenvalue weighted by molar-refractivity contribution is 5.96. The van der Waals surface area contributed by atoms with Gasteiger partial charge in [-0.15, -0.1) is 0 Å². The summed E-state index contributed by atoms with van der Waals surface area (Å²) in [6.07, 6.45) is 8.76. The van der Waals surface area contributed by atoms with Crippen molar-refractivity contribution in [2.24, 2.45) is 46.3 Å². The molecule has 0 aromatic carbocycles. The normalized spacial score (nSPS) is 47.7. The molecular weight excluding hydrogens is 336 g/mol. The van der Waals surface area contributed by atoms with Gasteiger partial charge in [-0.2, -0.15) is 0 Å². The van der Waals surface area contributed by atoms with E-state index >= 15 is 0 Å². The number of carbonyl (C=O) groups excluding carboxylic acids is 2. The maximum atomic E-state index is 13.7. The van der Waals surface area contributed by atoms with Crippen LogP contribution >= 0.6 is 0 Å². The van der Waals surface area contributed by atoms with Gasteiger partial charge in [0.1, 0.15) is 5.78 Å². The lowest BCUT2D eigenvalue weighted by Gasteiger charge is -2.59. The molecule has 8 atom stereocenters. The van der Waals surface area contributed by atoms with E-state index < -0.39 is 0 Å². The third kappa shape index (κ3) is 2.56. The number of hydrogen-bond donors (Lipinski definition) is 1. The van der Waals surface area contributed by atoms with Crippen molar-refractivity contribution in [3.8, 4) is 0 Å². The number of carbonyl (C=O) groups is 2. The Kier molecular flexibility index (Phi) is 4.69. The van der Waals surface area contributed by atoms with Crippen LogP contribution in [-0.4, -0.2) is 23.3 Å². The van der Waals surface area contributed by atoms with Crippen LogP contribution in [0.15, 0.2) is 11.6 Å². The van der Waals surface area contributed by atoms with Gasteiger partial charge in [0.25, 0.3) is 0 Å². The van der Waals surface area contributed by atoms with Crippen LogP contribution in [0.25, 0.3) is 0 Å². The first-order valence-corrected chi connectivity index (χ1v) is 11.2. The SMILES string of the molecule is CC[C@H]1C(=O)C2C(CC[C@@]3(C)C2CC[C@@H]3[C@H](C)CO)[C@@]2(C)CCC(=O)C=C12. The van der Waals surface area contributed by atoms with E-state index in [0.29, 0.717) is 35.9 Å². The average Bonchev–Trinajstić information content (AvgIpc) is 3.00. The summed E-state index contributed by atoms with van der Waals surface area (Å²) in [5, 5.41) is 9.78. The van der Waals surface area contributed by atoms with Crippen molar-refractivity contribution in [1.29, 1.82) is 0 Å². The monoisotopic (exact) mass is 372 g/mol. The van der Waals surface area contributed by atoms with Crippen molar-refractivity contribution in [1.82, 2.24) is 0 Å². The second-order valence-corrected chi connectivity index (χ2v) is 10.5. The fourth-order valence-electron chi connectivity index (χ4n) is 8.00. The molecule has 0 heterocycles. The molecule has 3 fully saturated rings. The van der Waals surface area contributed by atoms with E-state index in [-0.39, 0.29) is 35.1 Å². The van der Waals surface area contributed by atoms with Crippen molar-refractivity contribution in [3.05, 3.63) is 11.6 Å². The number of allylic oxidation sites excluding steroid dienone is 1. The zero-order valence-corrected chi connectivity index (χ0v) is 17.5. The van der Waals surface area contributed by atoms with Crippen LogP contribution in [0.3, 0.4) is 0 Å². The molecule has 3 saturated carbocycles. The zero-order chi connectivity index (χ0) is 19.6. The van der Waals surface area contributed by atoms with Crippen molar-refractivity contribution < 1.29 is 14.7 Å². The van der Waals surface area contributed by atoms with Gasteiger partial charge >= 0.3 is 0 Å². The molecule has 4 aliphatic rings. The van der Waals surface area contributed by atoms with Gasteiger partial charge in [0.15, 0.2) is 5.78 Å². The number of rotatable bonds is 3. The fourth-order valence-corrected chi connectivity index (χ4v) is 8.00. The molecule has 0 aliphatic heterocycles. The molecule has 0 radical (unpaired) electrons. The summed E-state index contributed by atoms with van der Waals surface area (Å²) >= 11 is 0. The second kappa shape index (κ2) is 6.54. The lowest BCUT2D eigenvalue weighted by atomic mass is 9.44. The predicted octanol–water partition coefficient (Wildman–Crippen LogP) is 4.58. The van der Waals surface area contributed by atoms with Gasteiger partial charge in [-0.25, -0.2) is 0 Å². The summed E-state index contributed by atoms with van der Waals surface area (Å²) in [5.74, 6) is 2.42. The van der Waals surface area contributed by atoms with E-state index in [1.807, 2.05) is 6.08 Å². The number of Topliss-reactive ketones (excluding diaryl/α,β-unsaturated/α-hetero) is 1. The Morgan fingerprint density at radius 2 is 1.89 bits per heavy atom. The highest BCUT2D eigenvalue weighted by atomic mass is 16.3. The summed E-state index contributed by atoms with van der Waals surface area (Å²) < 4.78 is 0. The zero-order valence-electron chi connectivity index (χ0n) is 17.5. The van der Waals surface area contributed by atoms with Crippen LogP contribution in [0.4, 0.5) is 0 Å². The largest absolute Gasteiger partial charge is 0.396 e. The van der Waals surface area contributed by atoms with E-state index in [4.69, 9.17) is 0 Å². The predicted molar refractivity (Wildman–Crippen MR) is 106 cm³/mol. The molecule has 0 spiro atoms. The number of hydrogen-bond acceptors (Lipinski definition) is 3. The van der Waals surface area contributed by atoms with E-state index in [0.717, 1.165) is 44.1 Å². The minimum atomic E-state index is -0.0582. The van der Waals surface area contributed by atoms with Crippen LogP contribution in [0.1, 0.15) is 72.6 Å². The molecule has 0 saturated heterocycles. The molecule has 150 valence electrons. The van der Waals surface area contributed by atoms with Crippen LogP contribution in [0.5, 0.6) is 0 Å². The lowest BCUT2D eigenvalue weighted by molar-refractivity contribution is -0.146. The number of aliphatic hydroxyl groups excluding tert-OH is 1. The maximum Gasteiger partial charge on any atom is 0.155 e. The molecular formula is C24H36O3. The Balaban J connectivity index is 1.75. The second-order valence-electron chi connectivity index (χ2n) is 10.5. The smallest absolute Gasteiger partial charge is 0.155 e. The molecule has 0 aromatic rings. The molecule has 0 aromatic heterocycles. The standard InChI is InChI=1S/C24H36O3/c1-5-16-20-12-15(26)8-10-24(20,4)19-9-11-23(3)17(14(2)13-25)6-7-18(23)21(19)22(16)27/h12,14,16-19,21,25H,5-11,13H2,1-4H3/t14-,16-,17-,18?,19?,21?,23-,24-/m1/s1. The van der Waals surface area contributed by atoms with E-state index in [1.54, 1.807) is 0 Å². The minimum Gasteiger partial charge on any atom is -0.396 e. The average molecular weight is 373 g/mol. The minimum absolute atomic E-state index is 0.0230. The summed E-state index contributed by atoms with van der Waals surface area (Å²) in [6, 6.07) is 0. The number of ketones is 2. The van der Waals surface area contributed by atoms with Gasteiger partial charge in [-0.1, -0.05) is 27.7 Å². The van der Waals surface area contributed by atoms with Crippen molar-refractivity contribution in [2.45, 2.75) is 72.6 Å². The molecule has 0 amide bonds. The van der Waals surface area contributed by atoms with Gasteiger partial charge in [0.2, 0.25) is 0 Å². The Morgan fingerprint density at radius 1 is 1.15 bits per heavy atom. The van der Waals surface area contributed by atoms with Gasteiger partial charge in [0, 0.05) is 24.9 Å². The van der Waals surface area contributed by atoms with Crippen LogP contribution in [0, 0.1) is 46.3 Å². The summed E-state index contributed by atoms with van der Waals surface area (Å²) in [5.41, 5.74) is 1.36. The first-order chi connectivity index (χ1) is 12.8. The topological polar surface area (TPSA) is 54.4 Å². The van der Waals surface area contributed by atoms with Crippen molar-refractivity contribution in [3.63, 3.8) is 0 Å². The maximum absolute atomic E-state index is 13.7. The molecule has 3 heteroatoms. The quantitative estimate of drug-likeness (QED) is 0.789. The summed E-state index contributed by atoms with van der Waals surface area (Å²) in [6.45, 7) is 9.29. The summed E-state index contributed by atoms with van der Waals surface area (Å²) in [7, 11) is 0.